The molecule has 3 rings (SSSR count). The fraction of sp³-hybridized carbons (Fsp3) is 0.321. The number of carbonyl (C=O) groups is 1. The van der Waals surface area contributed by atoms with Crippen LogP contribution in [0.15, 0.2) is 55.4 Å². The fourth-order valence-electron chi connectivity index (χ4n) is 3.78. The molecule has 0 radical (unpaired) electrons. The highest BCUT2D eigenvalue weighted by molar-refractivity contribution is 6.31. The normalized spacial score (nSPS) is 12.3. The molecule has 1 atom stereocenters. The number of hydrogen-bond donors (Lipinski definition) is 1. The van der Waals surface area contributed by atoms with Crippen LogP contribution >= 0.6 is 11.6 Å². The number of aromatic nitrogens is 2. The summed E-state index contributed by atoms with van der Waals surface area (Å²) >= 11 is 6.49. The second kappa shape index (κ2) is 11.8. The van der Waals surface area contributed by atoms with Crippen LogP contribution in [-0.2, 0) is 17.9 Å². The molecule has 184 valence electrons. The lowest BCUT2D eigenvalue weighted by Crippen LogP contribution is -2.28. The largest absolute Gasteiger partial charge is 0.487 e. The van der Waals surface area contributed by atoms with Crippen LogP contribution in [0.5, 0.6) is 5.75 Å². The Morgan fingerprint density at radius 2 is 2.09 bits per heavy atom. The highest BCUT2D eigenvalue weighted by Crippen LogP contribution is 2.32. The first kappa shape index (κ1) is 26.2. The number of fused-ring (bicyclic) bond motifs is 1. The molecule has 0 spiro atoms. The minimum absolute atomic E-state index is 0.00452. The molecule has 1 aromatic carbocycles. The second-order valence-electron chi connectivity index (χ2n) is 8.72. The van der Waals surface area contributed by atoms with Crippen molar-refractivity contribution in [3.63, 3.8) is 0 Å². The lowest BCUT2D eigenvalue weighted by atomic mass is 10.0. The third-order valence-electron chi connectivity index (χ3n) is 5.94. The fourth-order valence-corrected chi connectivity index (χ4v) is 4.01. The SMILES string of the molecule is C=C/C=C(/c1cc(C)nc2c(OCc3c(Cl)cncc3CNC(=O)[C@@H](C)CC)cccc12)N(C)C. The molecule has 6 nitrogen and oxygen atoms in total. The first-order valence-electron chi connectivity index (χ1n) is 11.7. The van der Waals surface area contributed by atoms with Gasteiger partial charge in [0, 0.05) is 66.9 Å². The van der Waals surface area contributed by atoms with E-state index in [2.05, 4.69) is 27.8 Å². The van der Waals surface area contributed by atoms with Gasteiger partial charge in [-0.15, -0.1) is 0 Å². The van der Waals surface area contributed by atoms with Crippen molar-refractivity contribution >= 4 is 34.1 Å². The van der Waals surface area contributed by atoms with E-state index < -0.39 is 0 Å². The monoisotopic (exact) mass is 492 g/mol. The summed E-state index contributed by atoms with van der Waals surface area (Å²) in [5.74, 6) is 0.611. The van der Waals surface area contributed by atoms with Crippen LogP contribution in [0.2, 0.25) is 5.02 Å². The van der Waals surface area contributed by atoms with Crippen LogP contribution in [0.3, 0.4) is 0 Å². The van der Waals surface area contributed by atoms with E-state index in [0.717, 1.165) is 45.4 Å². The molecule has 35 heavy (non-hydrogen) atoms. The van der Waals surface area contributed by atoms with E-state index in [1.165, 1.54) is 0 Å². The molecule has 0 aliphatic carbocycles. The summed E-state index contributed by atoms with van der Waals surface area (Å²) < 4.78 is 6.27. The number of rotatable bonds is 10. The molecule has 2 aromatic heterocycles. The summed E-state index contributed by atoms with van der Waals surface area (Å²) in [6, 6.07) is 7.98. The second-order valence-corrected chi connectivity index (χ2v) is 9.13. The van der Waals surface area contributed by atoms with Gasteiger partial charge in [0.05, 0.1) is 5.02 Å². The van der Waals surface area contributed by atoms with Crippen LogP contribution in [0.25, 0.3) is 16.6 Å². The van der Waals surface area contributed by atoms with Gasteiger partial charge in [-0.25, -0.2) is 4.98 Å². The standard InChI is InChI=1S/C28H33ClN4O2/c1-7-10-25(33(5)6)22-13-19(4)32-27-21(22)11-9-12-26(27)35-17-23-20(14-30-16-24(23)29)15-31-28(34)18(3)8-2/h7,9-14,16,18H,1,8,15,17H2,2-6H3,(H,31,34)/b25-10-/t18-/m0/s1. The van der Waals surface area contributed by atoms with E-state index in [4.69, 9.17) is 21.3 Å². The Bertz CT molecular complexity index is 1250. The molecule has 0 unspecified atom stereocenters. The number of allylic oxidation sites excluding steroid dienone is 2. The number of nitrogens with zero attached hydrogens (tertiary/aromatic N) is 3. The molecule has 0 saturated carbocycles. The van der Waals surface area contributed by atoms with Crippen LogP contribution in [0.1, 0.15) is 42.7 Å². The number of ether oxygens (including phenoxy) is 1. The highest BCUT2D eigenvalue weighted by atomic mass is 35.5. The Kier molecular flexibility index (Phi) is 8.88. The van der Waals surface area contributed by atoms with E-state index in [-0.39, 0.29) is 18.4 Å². The summed E-state index contributed by atoms with van der Waals surface area (Å²) in [6.07, 6.45) is 7.85. The number of amides is 1. The van der Waals surface area contributed by atoms with Gasteiger partial charge < -0.3 is 15.0 Å². The van der Waals surface area contributed by atoms with Gasteiger partial charge in [-0.05, 0) is 37.1 Å². The van der Waals surface area contributed by atoms with Crippen molar-refractivity contribution in [3.8, 4) is 5.75 Å². The van der Waals surface area contributed by atoms with Crippen molar-refractivity contribution in [2.45, 2.75) is 40.3 Å². The Morgan fingerprint density at radius 1 is 1.31 bits per heavy atom. The van der Waals surface area contributed by atoms with E-state index in [0.29, 0.717) is 17.3 Å². The van der Waals surface area contributed by atoms with Gasteiger partial charge in [0.1, 0.15) is 17.9 Å². The zero-order chi connectivity index (χ0) is 25.5. The molecule has 0 bridgehead atoms. The van der Waals surface area contributed by atoms with Crippen molar-refractivity contribution in [1.29, 1.82) is 0 Å². The van der Waals surface area contributed by atoms with Crippen LogP contribution in [-0.4, -0.2) is 34.9 Å². The molecule has 1 amide bonds. The van der Waals surface area contributed by atoms with Crippen LogP contribution < -0.4 is 10.1 Å². The first-order chi connectivity index (χ1) is 16.8. The maximum absolute atomic E-state index is 12.3. The zero-order valence-electron chi connectivity index (χ0n) is 21.1. The third-order valence-corrected chi connectivity index (χ3v) is 6.27. The number of pyridine rings is 2. The van der Waals surface area contributed by atoms with E-state index in [1.54, 1.807) is 18.5 Å². The Morgan fingerprint density at radius 3 is 2.77 bits per heavy atom. The van der Waals surface area contributed by atoms with Gasteiger partial charge in [-0.1, -0.05) is 50.2 Å². The van der Waals surface area contributed by atoms with Gasteiger partial charge in [0.15, 0.2) is 0 Å². The van der Waals surface area contributed by atoms with Gasteiger partial charge in [-0.3, -0.25) is 9.78 Å². The predicted octanol–water partition coefficient (Wildman–Crippen LogP) is 5.92. The smallest absolute Gasteiger partial charge is 0.223 e. The first-order valence-corrected chi connectivity index (χ1v) is 12.1. The van der Waals surface area contributed by atoms with Crippen molar-refractivity contribution in [2.24, 2.45) is 5.92 Å². The van der Waals surface area contributed by atoms with Gasteiger partial charge in [-0.2, -0.15) is 0 Å². The van der Waals surface area contributed by atoms with E-state index in [9.17, 15) is 4.79 Å². The predicted molar refractivity (Wildman–Crippen MR) is 143 cm³/mol. The minimum Gasteiger partial charge on any atom is -0.487 e. The average Bonchev–Trinajstić information content (AvgIpc) is 2.84. The molecule has 3 aromatic rings. The van der Waals surface area contributed by atoms with Crippen LogP contribution in [0, 0.1) is 12.8 Å². The number of para-hydroxylation sites is 1. The van der Waals surface area contributed by atoms with Gasteiger partial charge >= 0.3 is 0 Å². The number of carbonyl (C=O) groups excluding carboxylic acids is 1. The maximum atomic E-state index is 12.3. The topological polar surface area (TPSA) is 67.4 Å². The molecule has 7 heteroatoms. The number of nitrogens with one attached hydrogen (secondary N) is 1. The number of halogens is 1. The molecule has 1 N–H and O–H groups in total. The van der Waals surface area contributed by atoms with Crippen molar-refractivity contribution in [3.05, 3.63) is 82.8 Å². The third kappa shape index (κ3) is 6.20. The average molecular weight is 493 g/mol. The summed E-state index contributed by atoms with van der Waals surface area (Å²) in [5, 5.41) is 4.45. The number of benzene rings is 1. The lowest BCUT2D eigenvalue weighted by molar-refractivity contribution is -0.124. The van der Waals surface area contributed by atoms with E-state index in [1.807, 2.05) is 59.1 Å². The van der Waals surface area contributed by atoms with Crippen molar-refractivity contribution in [2.75, 3.05) is 14.1 Å². The Balaban J connectivity index is 1.94. The number of aryl methyl sites for hydroxylation is 1. The Hall–Kier alpha value is -3.38. The molecule has 0 fully saturated rings. The molecular formula is C28H33ClN4O2. The minimum atomic E-state index is -0.0526. The molecule has 0 saturated heterocycles. The summed E-state index contributed by atoms with van der Waals surface area (Å²) in [7, 11) is 4.01. The lowest BCUT2D eigenvalue weighted by Gasteiger charge is -2.20. The van der Waals surface area contributed by atoms with Crippen LogP contribution in [0.4, 0.5) is 0 Å². The summed E-state index contributed by atoms with van der Waals surface area (Å²) in [5.41, 5.74) is 5.36. The van der Waals surface area contributed by atoms with Crippen molar-refractivity contribution in [1.82, 2.24) is 20.2 Å². The number of hydrogen-bond acceptors (Lipinski definition) is 5. The molecule has 2 heterocycles. The summed E-state index contributed by atoms with van der Waals surface area (Å²) in [6.45, 7) is 10.3. The molecular weight excluding hydrogens is 460 g/mol. The van der Waals surface area contributed by atoms with Crippen molar-refractivity contribution < 1.29 is 9.53 Å². The quantitative estimate of drug-likeness (QED) is 0.356. The molecule has 0 aliphatic rings. The molecule has 0 aliphatic heterocycles. The summed E-state index contributed by atoms with van der Waals surface area (Å²) in [4.78, 5) is 23.3. The van der Waals surface area contributed by atoms with E-state index >= 15 is 0 Å². The maximum Gasteiger partial charge on any atom is 0.223 e. The highest BCUT2D eigenvalue weighted by Gasteiger charge is 2.16. The van der Waals surface area contributed by atoms with Gasteiger partial charge in [0.2, 0.25) is 5.91 Å². The zero-order valence-corrected chi connectivity index (χ0v) is 21.8. The van der Waals surface area contributed by atoms with Gasteiger partial charge in [0.25, 0.3) is 0 Å². The Labute approximate surface area is 212 Å².